The molecule has 1 aliphatic rings. The minimum atomic E-state index is 0.576. The highest BCUT2D eigenvalue weighted by molar-refractivity contribution is 6.33. The lowest BCUT2D eigenvalue weighted by Crippen LogP contribution is -2.33. The Morgan fingerprint density at radius 1 is 1.50 bits per heavy atom. The lowest BCUT2D eigenvalue weighted by atomic mass is 10.2. The fourth-order valence-corrected chi connectivity index (χ4v) is 2.59. The number of ether oxygens (including phenoxy) is 1. The molecule has 0 aromatic heterocycles. The Kier molecular flexibility index (Phi) is 4.72. The number of anilines is 1. The number of rotatable bonds is 5. The smallest absolute Gasteiger partial charge is 0.121 e. The molecule has 0 bridgehead atoms. The Morgan fingerprint density at radius 3 is 3.06 bits per heavy atom. The van der Waals surface area contributed by atoms with Crippen LogP contribution in [0.2, 0.25) is 5.02 Å². The molecule has 1 aromatic carbocycles. The zero-order chi connectivity index (χ0) is 13.0. The van der Waals surface area contributed by atoms with Crippen LogP contribution in [0.4, 0.5) is 5.69 Å². The fourth-order valence-electron chi connectivity index (χ4n) is 2.36. The third-order valence-corrected chi connectivity index (χ3v) is 3.68. The van der Waals surface area contributed by atoms with Crippen molar-refractivity contribution < 1.29 is 4.74 Å². The van der Waals surface area contributed by atoms with Gasteiger partial charge in [0.2, 0.25) is 0 Å². The lowest BCUT2D eigenvalue weighted by Gasteiger charge is -2.21. The van der Waals surface area contributed by atoms with E-state index in [1.54, 1.807) is 7.11 Å². The first-order valence-electron chi connectivity index (χ1n) is 6.56. The van der Waals surface area contributed by atoms with Gasteiger partial charge in [0.05, 0.1) is 17.8 Å². The molecule has 1 N–H and O–H groups in total. The van der Waals surface area contributed by atoms with Crippen LogP contribution in [0.15, 0.2) is 18.2 Å². The van der Waals surface area contributed by atoms with E-state index in [0.717, 1.165) is 36.1 Å². The van der Waals surface area contributed by atoms with Crippen molar-refractivity contribution in [2.45, 2.75) is 25.8 Å². The van der Waals surface area contributed by atoms with Crippen LogP contribution in [0.25, 0.3) is 0 Å². The summed E-state index contributed by atoms with van der Waals surface area (Å²) in [5.74, 6) is 0.861. The zero-order valence-corrected chi connectivity index (χ0v) is 11.8. The Bertz CT molecular complexity index is 397. The number of nitrogens with zero attached hydrogens (tertiary/aromatic N) is 1. The number of methoxy groups -OCH3 is 1. The molecule has 0 saturated carbocycles. The van der Waals surface area contributed by atoms with Gasteiger partial charge < -0.3 is 15.0 Å². The molecule has 0 radical (unpaired) electrons. The molecule has 1 aromatic rings. The highest BCUT2D eigenvalue weighted by Gasteiger charge is 2.23. The second-order valence-electron chi connectivity index (χ2n) is 4.70. The monoisotopic (exact) mass is 268 g/mol. The third kappa shape index (κ3) is 3.09. The summed E-state index contributed by atoms with van der Waals surface area (Å²) < 4.78 is 5.26. The van der Waals surface area contributed by atoms with Crippen molar-refractivity contribution >= 4 is 17.3 Å². The van der Waals surface area contributed by atoms with E-state index in [9.17, 15) is 0 Å². The highest BCUT2D eigenvalue weighted by Crippen LogP contribution is 2.32. The van der Waals surface area contributed by atoms with E-state index in [1.165, 1.54) is 12.8 Å². The molecule has 0 aliphatic carbocycles. The summed E-state index contributed by atoms with van der Waals surface area (Å²) in [6.45, 7) is 5.35. The van der Waals surface area contributed by atoms with Crippen LogP contribution in [-0.4, -0.2) is 32.8 Å². The largest absolute Gasteiger partial charge is 0.497 e. The van der Waals surface area contributed by atoms with Crippen LogP contribution in [0.5, 0.6) is 5.75 Å². The topological polar surface area (TPSA) is 24.5 Å². The van der Waals surface area contributed by atoms with E-state index >= 15 is 0 Å². The van der Waals surface area contributed by atoms with Crippen LogP contribution < -0.4 is 15.0 Å². The Morgan fingerprint density at radius 2 is 2.33 bits per heavy atom. The van der Waals surface area contributed by atoms with E-state index in [2.05, 4.69) is 17.1 Å². The minimum absolute atomic E-state index is 0.576. The van der Waals surface area contributed by atoms with E-state index < -0.39 is 0 Å². The summed E-state index contributed by atoms with van der Waals surface area (Å²) in [5, 5.41) is 4.36. The third-order valence-electron chi connectivity index (χ3n) is 3.37. The molecule has 1 heterocycles. The van der Waals surface area contributed by atoms with Crippen molar-refractivity contribution in [3.8, 4) is 5.75 Å². The van der Waals surface area contributed by atoms with Crippen LogP contribution >= 0.6 is 11.6 Å². The Hall–Kier alpha value is -0.930. The summed E-state index contributed by atoms with van der Waals surface area (Å²) in [6, 6.07) is 6.40. The van der Waals surface area contributed by atoms with Gasteiger partial charge in [-0.25, -0.2) is 0 Å². The number of benzene rings is 1. The second-order valence-corrected chi connectivity index (χ2v) is 5.11. The van der Waals surface area contributed by atoms with Crippen LogP contribution in [0.1, 0.15) is 19.8 Å². The van der Waals surface area contributed by atoms with Gasteiger partial charge >= 0.3 is 0 Å². The maximum absolute atomic E-state index is 6.27. The average Bonchev–Trinajstić information content (AvgIpc) is 2.85. The molecule has 0 spiro atoms. The van der Waals surface area contributed by atoms with Gasteiger partial charge in [-0.15, -0.1) is 0 Å². The van der Waals surface area contributed by atoms with Crippen LogP contribution in [0.3, 0.4) is 0 Å². The molecular weight excluding hydrogens is 248 g/mol. The van der Waals surface area contributed by atoms with E-state index in [4.69, 9.17) is 16.3 Å². The maximum Gasteiger partial charge on any atom is 0.121 e. The van der Waals surface area contributed by atoms with Crippen molar-refractivity contribution in [3.63, 3.8) is 0 Å². The predicted octanol–water partition coefficient (Wildman–Crippen LogP) is 2.93. The standard InChI is InChI=1S/C14H21ClN2O/c1-3-7-16-11-6-8-17(10-11)14-9-12(18-2)4-5-13(14)15/h4-5,9,11,16H,3,6-8,10H2,1-2H3. The van der Waals surface area contributed by atoms with Gasteiger partial charge in [-0.3, -0.25) is 0 Å². The van der Waals surface area contributed by atoms with Gasteiger partial charge in [0.25, 0.3) is 0 Å². The first-order chi connectivity index (χ1) is 8.74. The SMILES string of the molecule is CCCNC1CCN(c2cc(OC)ccc2Cl)C1. The quantitative estimate of drug-likeness (QED) is 0.889. The summed E-state index contributed by atoms with van der Waals surface area (Å²) >= 11 is 6.27. The summed E-state index contributed by atoms with van der Waals surface area (Å²) in [6.07, 6.45) is 2.35. The van der Waals surface area contributed by atoms with Gasteiger partial charge in [-0.05, 0) is 31.5 Å². The minimum Gasteiger partial charge on any atom is -0.497 e. The molecule has 1 atom stereocenters. The number of nitrogens with one attached hydrogen (secondary N) is 1. The molecule has 100 valence electrons. The number of hydrogen-bond acceptors (Lipinski definition) is 3. The second kappa shape index (κ2) is 6.30. The van der Waals surface area contributed by atoms with E-state index in [1.807, 2.05) is 18.2 Å². The summed E-state index contributed by atoms with van der Waals surface area (Å²) in [4.78, 5) is 2.33. The Labute approximate surface area is 114 Å². The summed E-state index contributed by atoms with van der Waals surface area (Å²) in [5.41, 5.74) is 1.08. The van der Waals surface area contributed by atoms with Gasteiger partial charge in [-0.2, -0.15) is 0 Å². The molecule has 1 aliphatic heterocycles. The van der Waals surface area contributed by atoms with Crippen LogP contribution in [-0.2, 0) is 0 Å². The van der Waals surface area contributed by atoms with Crippen molar-refractivity contribution in [2.75, 3.05) is 31.6 Å². The number of halogens is 1. The van der Waals surface area contributed by atoms with Gasteiger partial charge in [0.15, 0.2) is 0 Å². The molecule has 4 heteroatoms. The van der Waals surface area contributed by atoms with Gasteiger partial charge in [0.1, 0.15) is 5.75 Å². The highest BCUT2D eigenvalue weighted by atomic mass is 35.5. The molecule has 1 saturated heterocycles. The fraction of sp³-hybridized carbons (Fsp3) is 0.571. The van der Waals surface area contributed by atoms with Crippen molar-refractivity contribution in [1.82, 2.24) is 5.32 Å². The average molecular weight is 269 g/mol. The zero-order valence-electron chi connectivity index (χ0n) is 11.1. The number of hydrogen-bond donors (Lipinski definition) is 1. The molecule has 1 fully saturated rings. The normalized spacial score (nSPS) is 19.3. The predicted molar refractivity (Wildman–Crippen MR) is 76.9 cm³/mol. The lowest BCUT2D eigenvalue weighted by molar-refractivity contribution is 0.415. The first kappa shape index (κ1) is 13.5. The molecule has 1 unspecified atom stereocenters. The Balaban J connectivity index is 2.04. The first-order valence-corrected chi connectivity index (χ1v) is 6.94. The van der Waals surface area contributed by atoms with Gasteiger partial charge in [-0.1, -0.05) is 18.5 Å². The summed E-state index contributed by atoms with van der Waals surface area (Å²) in [7, 11) is 1.68. The molecule has 18 heavy (non-hydrogen) atoms. The van der Waals surface area contributed by atoms with E-state index in [0.29, 0.717) is 6.04 Å². The van der Waals surface area contributed by atoms with Crippen molar-refractivity contribution in [3.05, 3.63) is 23.2 Å². The van der Waals surface area contributed by atoms with E-state index in [-0.39, 0.29) is 0 Å². The van der Waals surface area contributed by atoms with Crippen LogP contribution in [0, 0.1) is 0 Å². The molecular formula is C14H21ClN2O. The molecule has 3 nitrogen and oxygen atoms in total. The molecule has 2 rings (SSSR count). The van der Waals surface area contributed by atoms with Gasteiger partial charge in [0, 0.05) is 25.2 Å². The maximum atomic E-state index is 6.27. The van der Waals surface area contributed by atoms with Crippen molar-refractivity contribution in [2.24, 2.45) is 0 Å². The molecule has 0 amide bonds. The van der Waals surface area contributed by atoms with Crippen molar-refractivity contribution in [1.29, 1.82) is 0 Å².